The molecule has 50 heavy (non-hydrogen) atoms. The lowest BCUT2D eigenvalue weighted by atomic mass is 9.81. The maximum atomic E-state index is 2.44. The molecule has 0 N–H and O–H groups in total. The molecule has 0 aromatic heterocycles. The second-order valence-corrected chi connectivity index (χ2v) is 13.0. The fraction of sp³-hybridized carbons (Fsp3) is 0.0204. The van der Waals surface area contributed by atoms with E-state index in [-0.39, 0.29) is 0 Å². The molecule has 0 aliphatic rings. The summed E-state index contributed by atoms with van der Waals surface area (Å²) in [7, 11) is 0. The van der Waals surface area contributed by atoms with Gasteiger partial charge < -0.3 is 4.90 Å². The van der Waals surface area contributed by atoms with Crippen LogP contribution in [0, 0.1) is 6.92 Å². The lowest BCUT2D eigenvalue weighted by Crippen LogP contribution is -2.09. The van der Waals surface area contributed by atoms with E-state index in [0.717, 1.165) is 17.1 Å². The van der Waals surface area contributed by atoms with Gasteiger partial charge in [-0.25, -0.2) is 0 Å². The van der Waals surface area contributed by atoms with Crippen LogP contribution in [-0.4, -0.2) is 0 Å². The summed E-state index contributed by atoms with van der Waals surface area (Å²) in [4.78, 5) is 2.35. The molecule has 236 valence electrons. The lowest BCUT2D eigenvalue weighted by molar-refractivity contribution is 1.29. The number of anilines is 3. The van der Waals surface area contributed by atoms with Crippen LogP contribution in [0.4, 0.5) is 17.1 Å². The summed E-state index contributed by atoms with van der Waals surface area (Å²) >= 11 is 0. The standard InChI is InChI=1S/C49H35N/c1-34-26-28-37(29-27-34)47-44(35-16-6-2-7-17-35)33-45(36-18-8-3-9-19-36)48-43-31-30-40(32-46(43)41-24-14-15-25-42(41)49(47)48)50(38-20-10-4-11-21-38)39-22-12-5-13-23-39/h2-33H,1H3. The van der Waals surface area contributed by atoms with Gasteiger partial charge in [-0.15, -0.1) is 0 Å². The molecular formula is C49H35N. The SMILES string of the molecule is Cc1ccc(-c2c(-c3ccccc3)cc(-c3ccccc3)c3c4ccc(N(c5ccccc5)c5ccccc5)cc4c4ccccc4c23)cc1. The van der Waals surface area contributed by atoms with Gasteiger partial charge in [0.15, 0.2) is 0 Å². The van der Waals surface area contributed by atoms with Crippen LogP contribution in [-0.2, 0) is 0 Å². The van der Waals surface area contributed by atoms with Crippen molar-refractivity contribution >= 4 is 49.4 Å². The molecule has 9 aromatic rings. The first-order chi connectivity index (χ1) is 24.7. The normalized spacial score (nSPS) is 11.3. The van der Waals surface area contributed by atoms with E-state index >= 15 is 0 Å². The van der Waals surface area contributed by atoms with Crippen LogP contribution >= 0.6 is 0 Å². The molecule has 0 unspecified atom stereocenters. The zero-order valence-electron chi connectivity index (χ0n) is 27.9. The van der Waals surface area contributed by atoms with Gasteiger partial charge in [0.05, 0.1) is 0 Å². The van der Waals surface area contributed by atoms with Crippen LogP contribution in [0.25, 0.3) is 65.7 Å². The number of nitrogens with zero attached hydrogens (tertiary/aromatic N) is 1. The lowest BCUT2D eigenvalue weighted by Gasteiger charge is -2.27. The first kappa shape index (κ1) is 29.7. The van der Waals surface area contributed by atoms with Crippen molar-refractivity contribution in [1.82, 2.24) is 0 Å². The molecule has 9 rings (SSSR count). The molecule has 1 nitrogen and oxygen atoms in total. The monoisotopic (exact) mass is 637 g/mol. The predicted octanol–water partition coefficient (Wildman–Crippen LogP) is 13.9. The van der Waals surface area contributed by atoms with Gasteiger partial charge in [-0.3, -0.25) is 0 Å². The average molecular weight is 638 g/mol. The number of hydrogen-bond acceptors (Lipinski definition) is 1. The molecular weight excluding hydrogens is 603 g/mol. The molecule has 0 atom stereocenters. The summed E-state index contributed by atoms with van der Waals surface area (Å²) < 4.78 is 0. The maximum absolute atomic E-state index is 2.44. The Hall–Kier alpha value is -6.44. The van der Waals surface area contributed by atoms with Crippen molar-refractivity contribution in [3.63, 3.8) is 0 Å². The minimum atomic E-state index is 1.13. The first-order valence-corrected chi connectivity index (χ1v) is 17.3. The van der Waals surface area contributed by atoms with E-state index in [1.165, 1.54) is 71.3 Å². The van der Waals surface area contributed by atoms with E-state index in [1.807, 2.05) is 0 Å². The zero-order chi connectivity index (χ0) is 33.4. The number of fused-ring (bicyclic) bond motifs is 6. The van der Waals surface area contributed by atoms with Crippen molar-refractivity contribution < 1.29 is 0 Å². The van der Waals surface area contributed by atoms with Gasteiger partial charge in [0, 0.05) is 17.1 Å². The Kier molecular flexibility index (Phi) is 7.44. The molecule has 0 aliphatic carbocycles. The van der Waals surface area contributed by atoms with E-state index in [9.17, 15) is 0 Å². The number of para-hydroxylation sites is 2. The quantitative estimate of drug-likeness (QED) is 0.164. The second kappa shape index (κ2) is 12.5. The van der Waals surface area contributed by atoms with Gasteiger partial charge in [-0.1, -0.05) is 157 Å². The number of benzene rings is 9. The van der Waals surface area contributed by atoms with E-state index in [1.54, 1.807) is 0 Å². The average Bonchev–Trinajstić information content (AvgIpc) is 3.19. The molecule has 0 heterocycles. The zero-order valence-corrected chi connectivity index (χ0v) is 27.9. The maximum Gasteiger partial charge on any atom is 0.0468 e. The Bertz CT molecular complexity index is 2570. The summed E-state index contributed by atoms with van der Waals surface area (Å²) in [5.74, 6) is 0. The third kappa shape index (κ3) is 5.12. The number of aryl methyl sites for hydroxylation is 1. The highest BCUT2D eigenvalue weighted by atomic mass is 15.1. The minimum Gasteiger partial charge on any atom is -0.310 e. The highest BCUT2D eigenvalue weighted by Crippen LogP contribution is 2.50. The molecule has 9 aromatic carbocycles. The van der Waals surface area contributed by atoms with E-state index in [0.29, 0.717) is 0 Å². The Balaban J connectivity index is 1.46. The predicted molar refractivity (Wildman–Crippen MR) is 215 cm³/mol. The van der Waals surface area contributed by atoms with Gasteiger partial charge in [0.1, 0.15) is 0 Å². The third-order valence-corrected chi connectivity index (χ3v) is 9.88. The molecule has 0 spiro atoms. The Morgan fingerprint density at radius 1 is 0.320 bits per heavy atom. The van der Waals surface area contributed by atoms with Crippen LogP contribution < -0.4 is 4.90 Å². The first-order valence-electron chi connectivity index (χ1n) is 17.3. The van der Waals surface area contributed by atoms with E-state index in [4.69, 9.17) is 0 Å². The summed E-state index contributed by atoms with van der Waals surface area (Å²) in [5, 5.41) is 7.54. The van der Waals surface area contributed by atoms with Crippen LogP contribution in [0.2, 0.25) is 0 Å². The number of hydrogen-bond donors (Lipinski definition) is 0. The fourth-order valence-corrected chi connectivity index (χ4v) is 7.59. The largest absolute Gasteiger partial charge is 0.310 e. The summed E-state index contributed by atoms with van der Waals surface area (Å²) in [5.41, 5.74) is 12.0. The second-order valence-electron chi connectivity index (χ2n) is 13.0. The topological polar surface area (TPSA) is 3.24 Å². The smallest absolute Gasteiger partial charge is 0.0468 e. The summed E-state index contributed by atoms with van der Waals surface area (Å²) in [6.07, 6.45) is 0. The number of rotatable bonds is 6. The molecule has 0 aliphatic heterocycles. The fourth-order valence-electron chi connectivity index (χ4n) is 7.59. The Morgan fingerprint density at radius 3 is 1.42 bits per heavy atom. The third-order valence-electron chi connectivity index (χ3n) is 9.88. The summed E-state index contributed by atoms with van der Waals surface area (Å²) in [6, 6.07) is 70.6. The molecule has 0 bridgehead atoms. The Morgan fingerprint density at radius 2 is 0.820 bits per heavy atom. The highest BCUT2D eigenvalue weighted by molar-refractivity contribution is 6.33. The van der Waals surface area contributed by atoms with Crippen LogP contribution in [0.1, 0.15) is 5.56 Å². The van der Waals surface area contributed by atoms with Gasteiger partial charge in [0.25, 0.3) is 0 Å². The van der Waals surface area contributed by atoms with Crippen molar-refractivity contribution in [2.75, 3.05) is 4.90 Å². The molecule has 0 saturated heterocycles. The van der Waals surface area contributed by atoms with Crippen LogP contribution in [0.3, 0.4) is 0 Å². The van der Waals surface area contributed by atoms with Crippen molar-refractivity contribution in [2.45, 2.75) is 6.92 Å². The molecule has 0 fully saturated rings. The van der Waals surface area contributed by atoms with E-state index in [2.05, 4.69) is 206 Å². The summed E-state index contributed by atoms with van der Waals surface area (Å²) in [6.45, 7) is 2.16. The van der Waals surface area contributed by atoms with Crippen molar-refractivity contribution in [1.29, 1.82) is 0 Å². The molecule has 0 saturated carbocycles. The van der Waals surface area contributed by atoms with E-state index < -0.39 is 0 Å². The highest BCUT2D eigenvalue weighted by Gasteiger charge is 2.22. The van der Waals surface area contributed by atoms with Gasteiger partial charge in [-0.2, -0.15) is 0 Å². The molecule has 1 heteroatoms. The van der Waals surface area contributed by atoms with Crippen LogP contribution in [0.5, 0.6) is 0 Å². The van der Waals surface area contributed by atoms with Gasteiger partial charge >= 0.3 is 0 Å². The van der Waals surface area contributed by atoms with Crippen molar-refractivity contribution in [3.8, 4) is 33.4 Å². The van der Waals surface area contributed by atoms with Crippen LogP contribution in [0.15, 0.2) is 194 Å². The molecule has 0 radical (unpaired) electrons. The van der Waals surface area contributed by atoms with Crippen molar-refractivity contribution in [3.05, 3.63) is 200 Å². The Labute approximate surface area is 293 Å². The minimum absolute atomic E-state index is 1.13. The van der Waals surface area contributed by atoms with Gasteiger partial charge in [0.2, 0.25) is 0 Å². The van der Waals surface area contributed by atoms with Crippen molar-refractivity contribution in [2.24, 2.45) is 0 Å². The van der Waals surface area contributed by atoms with Gasteiger partial charge in [-0.05, 0) is 115 Å². The molecule has 0 amide bonds.